The molecule has 1 aliphatic rings. The zero-order valence-electron chi connectivity index (χ0n) is 12.6. The van der Waals surface area contributed by atoms with Crippen molar-refractivity contribution in [1.29, 1.82) is 0 Å². The zero-order valence-corrected chi connectivity index (χ0v) is 12.6. The van der Waals surface area contributed by atoms with E-state index >= 15 is 0 Å². The number of benzene rings is 1. The fourth-order valence-corrected chi connectivity index (χ4v) is 2.62. The quantitative estimate of drug-likeness (QED) is 0.875. The van der Waals surface area contributed by atoms with Crippen LogP contribution in [0.25, 0.3) is 0 Å². The molecule has 0 aromatic heterocycles. The van der Waals surface area contributed by atoms with Crippen LogP contribution in [-0.2, 0) is 0 Å². The molecule has 2 rings (SSSR count). The molecule has 0 aliphatic heterocycles. The number of hydrogen-bond acceptors (Lipinski definition) is 2. The summed E-state index contributed by atoms with van der Waals surface area (Å²) in [6, 6.07) is 3.81. The van der Waals surface area contributed by atoms with Gasteiger partial charge >= 0.3 is 0 Å². The maximum atomic E-state index is 13.8. The molecule has 3 heteroatoms. The van der Waals surface area contributed by atoms with Crippen molar-refractivity contribution in [2.24, 2.45) is 11.8 Å². The normalized spacial score (nSPS) is 23.3. The SMILES string of the molecule is CNC(C)c1cc(F)c(C)cc1N(C)CC1CC1C. The Balaban J connectivity index is 2.28. The minimum atomic E-state index is -0.117. The molecule has 0 spiro atoms. The van der Waals surface area contributed by atoms with Crippen LogP contribution in [0.4, 0.5) is 10.1 Å². The molecule has 19 heavy (non-hydrogen) atoms. The Morgan fingerprint density at radius 1 is 1.47 bits per heavy atom. The monoisotopic (exact) mass is 264 g/mol. The lowest BCUT2D eigenvalue weighted by atomic mass is 10.0. The van der Waals surface area contributed by atoms with Gasteiger partial charge in [-0.2, -0.15) is 0 Å². The summed E-state index contributed by atoms with van der Waals surface area (Å²) >= 11 is 0. The molecular formula is C16H25FN2. The first kappa shape index (κ1) is 14.3. The summed E-state index contributed by atoms with van der Waals surface area (Å²) in [4.78, 5) is 2.28. The van der Waals surface area contributed by atoms with Crippen molar-refractivity contribution >= 4 is 5.69 Å². The maximum absolute atomic E-state index is 13.8. The number of nitrogens with one attached hydrogen (secondary N) is 1. The van der Waals surface area contributed by atoms with Crippen LogP contribution in [0.5, 0.6) is 0 Å². The zero-order chi connectivity index (χ0) is 14.2. The van der Waals surface area contributed by atoms with Gasteiger partial charge in [-0.05, 0) is 62.4 Å². The topological polar surface area (TPSA) is 15.3 Å². The van der Waals surface area contributed by atoms with Crippen molar-refractivity contribution in [3.63, 3.8) is 0 Å². The van der Waals surface area contributed by atoms with Crippen molar-refractivity contribution in [2.75, 3.05) is 25.5 Å². The van der Waals surface area contributed by atoms with Gasteiger partial charge in [0.05, 0.1) is 0 Å². The fourth-order valence-electron chi connectivity index (χ4n) is 2.62. The third-order valence-electron chi connectivity index (χ3n) is 4.40. The highest BCUT2D eigenvalue weighted by Crippen LogP contribution is 2.39. The number of anilines is 1. The van der Waals surface area contributed by atoms with E-state index in [-0.39, 0.29) is 11.9 Å². The second-order valence-electron chi connectivity index (χ2n) is 6.02. The molecule has 2 nitrogen and oxygen atoms in total. The minimum Gasteiger partial charge on any atom is -0.374 e. The Kier molecular flexibility index (Phi) is 4.14. The Bertz CT molecular complexity index is 458. The van der Waals surface area contributed by atoms with Crippen molar-refractivity contribution in [3.8, 4) is 0 Å². The van der Waals surface area contributed by atoms with Gasteiger partial charge in [0, 0.05) is 25.3 Å². The van der Waals surface area contributed by atoms with E-state index in [9.17, 15) is 4.39 Å². The van der Waals surface area contributed by atoms with E-state index in [1.54, 1.807) is 6.07 Å². The lowest BCUT2D eigenvalue weighted by molar-refractivity contribution is 0.599. The maximum Gasteiger partial charge on any atom is 0.126 e. The first-order chi connectivity index (χ1) is 8.93. The largest absolute Gasteiger partial charge is 0.374 e. The molecule has 1 N–H and O–H groups in total. The van der Waals surface area contributed by atoms with Crippen LogP contribution in [-0.4, -0.2) is 20.6 Å². The van der Waals surface area contributed by atoms with Crippen molar-refractivity contribution in [1.82, 2.24) is 5.32 Å². The first-order valence-corrected chi connectivity index (χ1v) is 7.12. The van der Waals surface area contributed by atoms with Gasteiger partial charge in [0.15, 0.2) is 0 Å². The van der Waals surface area contributed by atoms with Gasteiger partial charge in [-0.25, -0.2) is 4.39 Å². The summed E-state index contributed by atoms with van der Waals surface area (Å²) in [5.41, 5.74) is 2.92. The third kappa shape index (κ3) is 3.08. The molecule has 3 atom stereocenters. The molecule has 0 heterocycles. The second-order valence-corrected chi connectivity index (χ2v) is 6.02. The highest BCUT2D eigenvalue weighted by molar-refractivity contribution is 5.56. The summed E-state index contributed by atoms with van der Waals surface area (Å²) < 4.78 is 13.8. The van der Waals surface area contributed by atoms with Crippen LogP contribution < -0.4 is 10.2 Å². The molecule has 0 saturated heterocycles. The molecule has 1 aliphatic carbocycles. The summed E-state index contributed by atoms with van der Waals surface area (Å²) in [6.07, 6.45) is 1.32. The fraction of sp³-hybridized carbons (Fsp3) is 0.625. The molecule has 1 fully saturated rings. The summed E-state index contributed by atoms with van der Waals surface area (Å²) in [6.45, 7) is 7.27. The van der Waals surface area contributed by atoms with Crippen LogP contribution in [0, 0.1) is 24.6 Å². The van der Waals surface area contributed by atoms with Crippen LogP contribution in [0.15, 0.2) is 12.1 Å². The summed E-state index contributed by atoms with van der Waals surface area (Å²) in [5.74, 6) is 1.52. The van der Waals surface area contributed by atoms with Crippen LogP contribution in [0.2, 0.25) is 0 Å². The second kappa shape index (κ2) is 5.49. The summed E-state index contributed by atoms with van der Waals surface area (Å²) in [5, 5.41) is 3.21. The Labute approximate surface area is 116 Å². The van der Waals surface area contributed by atoms with Crippen molar-refractivity contribution in [3.05, 3.63) is 29.1 Å². The summed E-state index contributed by atoms with van der Waals surface area (Å²) in [7, 11) is 4.03. The van der Waals surface area contributed by atoms with Gasteiger partial charge < -0.3 is 10.2 Å². The Morgan fingerprint density at radius 3 is 2.63 bits per heavy atom. The number of rotatable bonds is 5. The van der Waals surface area contributed by atoms with Gasteiger partial charge in [-0.15, -0.1) is 0 Å². The van der Waals surface area contributed by atoms with Gasteiger partial charge in [-0.1, -0.05) is 6.92 Å². The molecule has 0 radical (unpaired) electrons. The third-order valence-corrected chi connectivity index (χ3v) is 4.40. The van der Waals surface area contributed by atoms with E-state index in [1.807, 2.05) is 20.0 Å². The number of hydrogen-bond donors (Lipinski definition) is 1. The van der Waals surface area contributed by atoms with E-state index in [1.165, 1.54) is 6.42 Å². The Morgan fingerprint density at radius 2 is 2.11 bits per heavy atom. The minimum absolute atomic E-state index is 0.117. The predicted octanol–water partition coefficient (Wildman–Crippen LogP) is 3.51. The standard InChI is InChI=1S/C16H25FN2/c1-10-6-13(10)9-19(5)16-7-11(2)15(17)8-14(16)12(3)18-4/h7-8,10,12-13,18H,6,9H2,1-5H3. The lowest BCUT2D eigenvalue weighted by Crippen LogP contribution is -2.24. The van der Waals surface area contributed by atoms with Gasteiger partial charge in [0.2, 0.25) is 0 Å². The van der Waals surface area contributed by atoms with E-state index in [0.717, 1.165) is 35.2 Å². The van der Waals surface area contributed by atoms with Crippen LogP contribution >= 0.6 is 0 Å². The van der Waals surface area contributed by atoms with Gasteiger partial charge in [0.1, 0.15) is 5.82 Å². The lowest BCUT2D eigenvalue weighted by Gasteiger charge is -2.26. The smallest absolute Gasteiger partial charge is 0.126 e. The molecule has 0 amide bonds. The molecule has 106 valence electrons. The van der Waals surface area contributed by atoms with E-state index in [2.05, 4.69) is 31.1 Å². The van der Waals surface area contributed by atoms with Crippen molar-refractivity contribution < 1.29 is 4.39 Å². The van der Waals surface area contributed by atoms with Gasteiger partial charge in [-0.3, -0.25) is 0 Å². The Hall–Kier alpha value is -1.09. The highest BCUT2D eigenvalue weighted by Gasteiger charge is 2.33. The molecule has 1 saturated carbocycles. The van der Waals surface area contributed by atoms with E-state index in [4.69, 9.17) is 0 Å². The molecule has 1 aromatic carbocycles. The predicted molar refractivity (Wildman–Crippen MR) is 79.2 cm³/mol. The molecule has 3 unspecified atom stereocenters. The average Bonchev–Trinajstić information content (AvgIpc) is 3.06. The van der Waals surface area contributed by atoms with E-state index in [0.29, 0.717) is 0 Å². The number of aryl methyl sites for hydroxylation is 1. The van der Waals surface area contributed by atoms with Crippen LogP contribution in [0.3, 0.4) is 0 Å². The number of nitrogens with zero attached hydrogens (tertiary/aromatic N) is 1. The molecular weight excluding hydrogens is 239 g/mol. The van der Waals surface area contributed by atoms with E-state index < -0.39 is 0 Å². The molecule has 0 bridgehead atoms. The average molecular weight is 264 g/mol. The van der Waals surface area contributed by atoms with Gasteiger partial charge in [0.25, 0.3) is 0 Å². The molecule has 1 aromatic rings. The van der Waals surface area contributed by atoms with Crippen LogP contribution in [0.1, 0.15) is 37.4 Å². The van der Waals surface area contributed by atoms with Crippen molar-refractivity contribution in [2.45, 2.75) is 33.2 Å². The number of halogens is 1. The first-order valence-electron chi connectivity index (χ1n) is 7.12. The highest BCUT2D eigenvalue weighted by atomic mass is 19.1.